The van der Waals surface area contributed by atoms with E-state index in [-0.39, 0.29) is 24.1 Å². The van der Waals surface area contributed by atoms with Crippen LogP contribution in [0.1, 0.15) is 69.7 Å². The number of urea groups is 1. The van der Waals surface area contributed by atoms with Gasteiger partial charge in [0, 0.05) is 36.4 Å². The van der Waals surface area contributed by atoms with E-state index >= 15 is 0 Å². The molecule has 2 aromatic carbocycles. The molecule has 1 aliphatic rings. The number of carbonyl (C=O) groups excluding carboxylic acids is 2. The first-order valence-corrected chi connectivity index (χ1v) is 15.9. The quantitative estimate of drug-likeness (QED) is 0.178. The zero-order chi connectivity index (χ0) is 30.6. The number of aromatic nitrogens is 1. The van der Waals surface area contributed by atoms with Crippen LogP contribution >= 0.6 is 11.3 Å². The summed E-state index contributed by atoms with van der Waals surface area (Å²) in [5.41, 5.74) is 1.09. The van der Waals surface area contributed by atoms with Crippen molar-refractivity contribution in [1.82, 2.24) is 15.2 Å². The largest absolute Gasteiger partial charge is 0.493 e. The zero-order valence-corrected chi connectivity index (χ0v) is 26.3. The lowest BCUT2D eigenvalue weighted by Gasteiger charge is -2.32. The Labute approximate surface area is 258 Å². The number of ether oxygens (including phenoxy) is 3. The lowest BCUT2D eigenvalue weighted by Crippen LogP contribution is -2.38. The second-order valence-corrected chi connectivity index (χ2v) is 11.5. The summed E-state index contributed by atoms with van der Waals surface area (Å²) in [7, 11) is 1.53. The van der Waals surface area contributed by atoms with Crippen molar-refractivity contribution >= 4 is 34.1 Å². The highest BCUT2D eigenvalue weighted by Crippen LogP contribution is 2.37. The van der Waals surface area contributed by atoms with Crippen LogP contribution in [0.15, 0.2) is 48.7 Å². The smallest absolute Gasteiger partial charge is 0.319 e. The van der Waals surface area contributed by atoms with Crippen molar-refractivity contribution in [2.75, 3.05) is 37.4 Å². The average molecular weight is 610 g/mol. The van der Waals surface area contributed by atoms with Crippen molar-refractivity contribution in [2.45, 2.75) is 71.4 Å². The molecular formula is C32H43N5O5S. The lowest BCUT2D eigenvalue weighted by atomic mass is 10.1. The lowest BCUT2D eigenvalue weighted by molar-refractivity contribution is 0.0996. The summed E-state index contributed by atoms with van der Waals surface area (Å²) in [5, 5.41) is 9.48. The Balaban J connectivity index is 1.27. The number of rotatable bonds is 14. The van der Waals surface area contributed by atoms with Crippen molar-refractivity contribution in [3.05, 3.63) is 54.2 Å². The fraction of sp³-hybridized carbons (Fsp3) is 0.469. The summed E-state index contributed by atoms with van der Waals surface area (Å²) in [6.07, 6.45) is 7.96. The van der Waals surface area contributed by atoms with E-state index in [4.69, 9.17) is 14.2 Å². The van der Waals surface area contributed by atoms with Crippen molar-refractivity contribution in [1.29, 1.82) is 0 Å². The first kappa shape index (κ1) is 32.1. The van der Waals surface area contributed by atoms with Gasteiger partial charge in [-0.3, -0.25) is 10.1 Å². The maximum atomic E-state index is 12.8. The van der Waals surface area contributed by atoms with E-state index in [1.165, 1.54) is 37.8 Å². The number of carbonyl (C=O) groups is 2. The van der Waals surface area contributed by atoms with Crippen LogP contribution in [-0.2, 0) is 0 Å². The third-order valence-corrected chi connectivity index (χ3v) is 8.23. The SMILES string of the molecule is CCCCN1CCC(Oc2ccc(C(=O)Nc3ncc(Oc4ccc(NC(=O)NC(CC)CC)cc4OC)s3)cc2)CC1. The molecule has 3 N–H and O–H groups in total. The zero-order valence-electron chi connectivity index (χ0n) is 25.5. The van der Waals surface area contributed by atoms with Gasteiger partial charge in [-0.1, -0.05) is 38.5 Å². The molecule has 1 aromatic heterocycles. The minimum Gasteiger partial charge on any atom is -0.493 e. The number of unbranched alkanes of at least 4 members (excludes halogenated alkanes) is 1. The molecule has 3 aromatic rings. The molecule has 2 heterocycles. The fourth-order valence-electron chi connectivity index (χ4n) is 4.83. The normalized spacial score (nSPS) is 13.9. The van der Waals surface area contributed by atoms with Crippen molar-refractivity contribution in [3.63, 3.8) is 0 Å². The first-order valence-electron chi connectivity index (χ1n) is 15.1. The molecule has 0 radical (unpaired) electrons. The highest BCUT2D eigenvalue weighted by molar-refractivity contribution is 7.17. The van der Waals surface area contributed by atoms with E-state index in [0.29, 0.717) is 32.9 Å². The number of nitrogens with one attached hydrogen (secondary N) is 3. The second kappa shape index (κ2) is 16.1. The average Bonchev–Trinajstić information content (AvgIpc) is 3.46. The monoisotopic (exact) mass is 609 g/mol. The molecule has 1 saturated heterocycles. The Morgan fingerprint density at radius 1 is 1.02 bits per heavy atom. The third-order valence-electron chi connectivity index (χ3n) is 7.44. The summed E-state index contributed by atoms with van der Waals surface area (Å²) in [6.45, 7) is 9.59. The number of thiazole rings is 1. The molecule has 1 fully saturated rings. The van der Waals surface area contributed by atoms with Crippen LogP contribution in [0.3, 0.4) is 0 Å². The van der Waals surface area contributed by atoms with Crippen LogP contribution in [0.2, 0.25) is 0 Å². The molecule has 232 valence electrons. The Morgan fingerprint density at radius 2 is 1.77 bits per heavy atom. The van der Waals surface area contributed by atoms with E-state index in [0.717, 1.165) is 44.5 Å². The fourth-order valence-corrected chi connectivity index (χ4v) is 5.50. The molecule has 0 bridgehead atoms. The van der Waals surface area contributed by atoms with Crippen LogP contribution in [0.25, 0.3) is 0 Å². The molecular weight excluding hydrogens is 566 g/mol. The van der Waals surface area contributed by atoms with Crippen molar-refractivity contribution < 1.29 is 23.8 Å². The molecule has 0 aliphatic carbocycles. The molecule has 3 amide bonds. The van der Waals surface area contributed by atoms with Gasteiger partial charge in [-0.25, -0.2) is 9.78 Å². The minimum atomic E-state index is -0.270. The molecule has 10 nitrogen and oxygen atoms in total. The van der Waals surface area contributed by atoms with Gasteiger partial charge in [0.05, 0.1) is 13.3 Å². The van der Waals surface area contributed by atoms with Gasteiger partial charge in [-0.2, -0.15) is 0 Å². The van der Waals surface area contributed by atoms with Gasteiger partial charge in [-0.15, -0.1) is 0 Å². The number of hydrogen-bond donors (Lipinski definition) is 3. The Hall–Kier alpha value is -3.83. The molecule has 43 heavy (non-hydrogen) atoms. The van der Waals surface area contributed by atoms with Crippen molar-refractivity contribution in [2.24, 2.45) is 0 Å². The number of hydrogen-bond acceptors (Lipinski definition) is 8. The van der Waals surface area contributed by atoms with E-state index < -0.39 is 0 Å². The molecule has 0 unspecified atom stereocenters. The maximum Gasteiger partial charge on any atom is 0.319 e. The molecule has 4 rings (SSSR count). The first-order chi connectivity index (χ1) is 20.9. The number of piperidine rings is 1. The predicted octanol–water partition coefficient (Wildman–Crippen LogP) is 7.15. The number of likely N-dealkylation sites (tertiary alicyclic amines) is 1. The van der Waals surface area contributed by atoms with E-state index in [2.05, 4.69) is 32.8 Å². The van der Waals surface area contributed by atoms with Crippen molar-refractivity contribution in [3.8, 4) is 22.3 Å². The number of anilines is 2. The van der Waals surface area contributed by atoms with Crippen LogP contribution in [0, 0.1) is 0 Å². The van der Waals surface area contributed by atoms with Gasteiger partial charge in [-0.05, 0) is 75.0 Å². The van der Waals surface area contributed by atoms with Gasteiger partial charge in [0.2, 0.25) is 5.06 Å². The van der Waals surface area contributed by atoms with Crippen LogP contribution < -0.4 is 30.2 Å². The van der Waals surface area contributed by atoms with Gasteiger partial charge >= 0.3 is 6.03 Å². The number of methoxy groups -OCH3 is 1. The van der Waals surface area contributed by atoms with Crippen LogP contribution in [0.4, 0.5) is 15.6 Å². The summed E-state index contributed by atoms with van der Waals surface area (Å²) < 4.78 is 17.6. The molecule has 11 heteroatoms. The van der Waals surface area contributed by atoms with Gasteiger partial charge < -0.3 is 29.7 Å². The van der Waals surface area contributed by atoms with E-state index in [9.17, 15) is 9.59 Å². The molecule has 0 spiro atoms. The Morgan fingerprint density at radius 3 is 2.44 bits per heavy atom. The third kappa shape index (κ3) is 9.59. The topological polar surface area (TPSA) is 114 Å². The van der Waals surface area contributed by atoms with Gasteiger partial charge in [0.15, 0.2) is 16.6 Å². The molecule has 0 saturated carbocycles. The molecule has 1 aliphatic heterocycles. The highest BCUT2D eigenvalue weighted by Gasteiger charge is 2.20. The summed E-state index contributed by atoms with van der Waals surface area (Å²) in [5.74, 6) is 1.41. The second-order valence-electron chi connectivity index (χ2n) is 10.6. The van der Waals surface area contributed by atoms with Crippen LogP contribution in [0.5, 0.6) is 22.3 Å². The number of benzene rings is 2. The minimum absolute atomic E-state index is 0.118. The maximum absolute atomic E-state index is 12.8. The van der Waals surface area contributed by atoms with Crippen LogP contribution in [-0.4, -0.2) is 60.7 Å². The summed E-state index contributed by atoms with van der Waals surface area (Å²) >= 11 is 1.20. The van der Waals surface area contributed by atoms with Gasteiger partial charge in [0.1, 0.15) is 11.9 Å². The predicted molar refractivity (Wildman–Crippen MR) is 171 cm³/mol. The highest BCUT2D eigenvalue weighted by atomic mass is 32.1. The van der Waals surface area contributed by atoms with E-state index in [1.807, 2.05) is 26.0 Å². The number of amides is 3. The summed E-state index contributed by atoms with van der Waals surface area (Å²) in [6, 6.07) is 12.2. The molecule has 0 atom stereocenters. The standard InChI is InChI=1S/C32H43N5O5S/c1-5-8-17-37-18-15-26(16-19-37)41-25-12-9-22(10-13-25)30(38)36-32-33-21-29(43-32)42-27-14-11-24(20-28(27)40-4)35-31(39)34-23(6-2)7-3/h9-14,20-21,23,26H,5-8,15-19H2,1-4H3,(H,33,36,38)(H2,34,35,39). The Bertz CT molecular complexity index is 1320. The summed E-state index contributed by atoms with van der Waals surface area (Å²) in [4.78, 5) is 31.9. The number of nitrogens with zero attached hydrogens (tertiary/aromatic N) is 2. The Kier molecular flexibility index (Phi) is 12.0. The van der Waals surface area contributed by atoms with Gasteiger partial charge in [0.25, 0.3) is 5.91 Å². The van der Waals surface area contributed by atoms with E-state index in [1.54, 1.807) is 36.5 Å².